The van der Waals surface area contributed by atoms with E-state index in [1.807, 2.05) is 38.4 Å². The minimum absolute atomic E-state index is 0.0382. The van der Waals surface area contributed by atoms with Gasteiger partial charge in [0.1, 0.15) is 10.6 Å². The Morgan fingerprint density at radius 1 is 1.38 bits per heavy atom. The average Bonchev–Trinajstić information content (AvgIpc) is 2.56. The summed E-state index contributed by atoms with van der Waals surface area (Å²) >= 11 is 1.35. The number of carbonyl (C=O) groups excluding carboxylic acids is 1. The Morgan fingerprint density at radius 3 is 2.69 bits per heavy atom. The first kappa shape index (κ1) is 11.1. The van der Waals surface area contributed by atoms with Gasteiger partial charge in [-0.15, -0.1) is 11.3 Å². The van der Waals surface area contributed by atoms with Gasteiger partial charge in [-0.2, -0.15) is 0 Å². The van der Waals surface area contributed by atoms with E-state index in [0.717, 1.165) is 10.1 Å². The molecule has 0 saturated heterocycles. The Morgan fingerprint density at radius 2 is 2.06 bits per heavy atom. The van der Waals surface area contributed by atoms with Crippen LogP contribution in [0.4, 0.5) is 0 Å². The highest BCUT2D eigenvalue weighted by Crippen LogP contribution is 2.36. The summed E-state index contributed by atoms with van der Waals surface area (Å²) in [6, 6.07) is 7.49. The van der Waals surface area contributed by atoms with Crippen molar-refractivity contribution in [3.05, 3.63) is 29.1 Å². The molecule has 84 valence electrons. The maximum Gasteiger partial charge on any atom is 0.190 e. The molecule has 0 bridgehead atoms. The number of benzene rings is 1. The van der Waals surface area contributed by atoms with Crippen LogP contribution in [0.5, 0.6) is 5.75 Å². The molecule has 0 aliphatic rings. The Hall–Kier alpha value is -1.39. The van der Waals surface area contributed by atoms with Gasteiger partial charge in [-0.25, -0.2) is 0 Å². The first-order valence-electron chi connectivity index (χ1n) is 4.98. The highest BCUT2D eigenvalue weighted by molar-refractivity contribution is 7.21. The second-order valence-electron chi connectivity index (χ2n) is 3.94. The van der Waals surface area contributed by atoms with Crippen LogP contribution in [0.1, 0.15) is 9.67 Å². The van der Waals surface area contributed by atoms with Gasteiger partial charge in [-0.05, 0) is 26.2 Å². The number of aromatic hydroxyl groups is 1. The van der Waals surface area contributed by atoms with Gasteiger partial charge in [0.15, 0.2) is 5.78 Å². The number of nitrogens with zero attached hydrogens (tertiary/aromatic N) is 1. The summed E-state index contributed by atoms with van der Waals surface area (Å²) in [5.74, 6) is 0.0798. The van der Waals surface area contributed by atoms with Crippen molar-refractivity contribution in [1.82, 2.24) is 4.90 Å². The third-order valence-corrected chi connectivity index (χ3v) is 3.48. The summed E-state index contributed by atoms with van der Waals surface area (Å²) in [4.78, 5) is 14.1. The van der Waals surface area contributed by atoms with Gasteiger partial charge in [-0.1, -0.05) is 12.1 Å². The molecule has 0 saturated carbocycles. The average molecular weight is 235 g/mol. The van der Waals surface area contributed by atoms with Crippen LogP contribution in [0.3, 0.4) is 0 Å². The molecular weight excluding hydrogens is 222 g/mol. The molecular formula is C12H13NO2S. The molecule has 2 aromatic rings. The maximum absolute atomic E-state index is 11.9. The van der Waals surface area contributed by atoms with E-state index in [0.29, 0.717) is 11.4 Å². The molecule has 1 aromatic carbocycles. The maximum atomic E-state index is 11.9. The molecule has 0 unspecified atom stereocenters. The van der Waals surface area contributed by atoms with E-state index >= 15 is 0 Å². The molecule has 3 nitrogen and oxygen atoms in total. The van der Waals surface area contributed by atoms with Crippen molar-refractivity contribution in [2.45, 2.75) is 0 Å². The van der Waals surface area contributed by atoms with Crippen LogP contribution in [-0.4, -0.2) is 36.4 Å². The lowest BCUT2D eigenvalue weighted by Crippen LogP contribution is -2.20. The molecule has 16 heavy (non-hydrogen) atoms. The molecule has 4 heteroatoms. The minimum atomic E-state index is -0.0382. The highest BCUT2D eigenvalue weighted by atomic mass is 32.1. The molecule has 0 amide bonds. The van der Waals surface area contributed by atoms with E-state index in [2.05, 4.69) is 0 Å². The molecule has 0 radical (unpaired) electrons. The number of Topliss-reactive ketones (excluding diaryl/α,β-unsaturated/α-hetero) is 1. The highest BCUT2D eigenvalue weighted by Gasteiger charge is 2.17. The van der Waals surface area contributed by atoms with Crippen molar-refractivity contribution in [1.29, 1.82) is 0 Å². The van der Waals surface area contributed by atoms with Gasteiger partial charge in [0.2, 0.25) is 0 Å². The van der Waals surface area contributed by atoms with Gasteiger partial charge in [0, 0.05) is 10.1 Å². The zero-order chi connectivity index (χ0) is 11.7. The Kier molecular flexibility index (Phi) is 2.94. The number of fused-ring (bicyclic) bond motifs is 1. The van der Waals surface area contributed by atoms with E-state index in [-0.39, 0.29) is 11.5 Å². The summed E-state index contributed by atoms with van der Waals surface area (Å²) in [7, 11) is 3.67. The van der Waals surface area contributed by atoms with Crippen molar-refractivity contribution in [3.63, 3.8) is 0 Å². The van der Waals surface area contributed by atoms with Crippen molar-refractivity contribution >= 4 is 27.2 Å². The molecule has 0 fully saturated rings. The zero-order valence-corrected chi connectivity index (χ0v) is 10.0. The van der Waals surface area contributed by atoms with E-state index in [1.165, 1.54) is 11.3 Å². The fourth-order valence-electron chi connectivity index (χ4n) is 1.58. The molecule has 1 aromatic heterocycles. The first-order chi connectivity index (χ1) is 7.59. The van der Waals surface area contributed by atoms with Gasteiger partial charge >= 0.3 is 0 Å². The van der Waals surface area contributed by atoms with E-state index < -0.39 is 0 Å². The zero-order valence-electron chi connectivity index (χ0n) is 9.23. The van der Waals surface area contributed by atoms with Gasteiger partial charge in [0.25, 0.3) is 0 Å². The second kappa shape index (κ2) is 4.23. The molecule has 1 heterocycles. The molecule has 1 N–H and O–H groups in total. The predicted octanol–water partition coefficient (Wildman–Crippen LogP) is 2.35. The summed E-state index contributed by atoms with van der Waals surface area (Å²) < 4.78 is 0.946. The number of ketones is 1. The smallest absolute Gasteiger partial charge is 0.190 e. The third-order valence-electron chi connectivity index (χ3n) is 2.28. The van der Waals surface area contributed by atoms with Crippen molar-refractivity contribution in [3.8, 4) is 5.75 Å². The summed E-state index contributed by atoms with van der Waals surface area (Å²) in [5.41, 5.74) is 0. The quantitative estimate of drug-likeness (QED) is 0.830. The number of hydrogen-bond donors (Lipinski definition) is 1. The van der Waals surface area contributed by atoms with Gasteiger partial charge in [-0.3, -0.25) is 4.79 Å². The predicted molar refractivity (Wildman–Crippen MR) is 66.4 cm³/mol. The lowest BCUT2D eigenvalue weighted by Gasteiger charge is -2.06. The van der Waals surface area contributed by atoms with Crippen LogP contribution in [0.15, 0.2) is 24.3 Å². The van der Waals surface area contributed by atoms with Crippen LogP contribution in [0, 0.1) is 0 Å². The molecule has 0 aliphatic carbocycles. The van der Waals surface area contributed by atoms with Crippen molar-refractivity contribution in [2.24, 2.45) is 0 Å². The molecule has 0 spiro atoms. The number of rotatable bonds is 3. The van der Waals surface area contributed by atoms with Crippen LogP contribution in [-0.2, 0) is 0 Å². The topological polar surface area (TPSA) is 40.5 Å². The molecule has 2 rings (SSSR count). The van der Waals surface area contributed by atoms with Crippen molar-refractivity contribution < 1.29 is 9.90 Å². The van der Waals surface area contributed by atoms with Crippen LogP contribution in [0.2, 0.25) is 0 Å². The lowest BCUT2D eigenvalue weighted by molar-refractivity contribution is 0.0959. The number of thiophene rings is 1. The number of likely N-dealkylation sites (N-methyl/N-ethyl adjacent to an activating group) is 1. The fourth-order valence-corrected chi connectivity index (χ4v) is 2.61. The van der Waals surface area contributed by atoms with E-state index in [9.17, 15) is 9.90 Å². The van der Waals surface area contributed by atoms with Crippen LogP contribution < -0.4 is 0 Å². The number of hydrogen-bond acceptors (Lipinski definition) is 4. The largest absolute Gasteiger partial charge is 0.506 e. The van der Waals surface area contributed by atoms with Crippen LogP contribution >= 0.6 is 11.3 Å². The van der Waals surface area contributed by atoms with Crippen molar-refractivity contribution in [2.75, 3.05) is 20.6 Å². The van der Waals surface area contributed by atoms with E-state index in [1.54, 1.807) is 4.90 Å². The monoisotopic (exact) mass is 235 g/mol. The van der Waals surface area contributed by atoms with Gasteiger partial charge in [0.05, 0.1) is 6.54 Å². The van der Waals surface area contributed by atoms with Gasteiger partial charge < -0.3 is 10.0 Å². The first-order valence-corrected chi connectivity index (χ1v) is 5.79. The van der Waals surface area contributed by atoms with Crippen LogP contribution in [0.25, 0.3) is 10.1 Å². The Balaban J connectivity index is 2.45. The summed E-state index contributed by atoms with van der Waals surface area (Å²) in [6.45, 7) is 0.320. The Bertz CT molecular complexity index is 531. The minimum Gasteiger partial charge on any atom is -0.506 e. The lowest BCUT2D eigenvalue weighted by atomic mass is 10.2. The summed E-state index contributed by atoms with van der Waals surface area (Å²) in [6.07, 6.45) is 0. The summed E-state index contributed by atoms with van der Waals surface area (Å²) in [5, 5.41) is 10.7. The number of carbonyl (C=O) groups is 1. The molecule has 0 atom stereocenters. The molecule has 0 aliphatic heterocycles. The normalized spacial score (nSPS) is 11.2. The second-order valence-corrected chi connectivity index (χ2v) is 4.99. The standard InChI is InChI=1S/C12H13NO2S/c1-13(2)7-9(14)12-11(15)8-5-3-4-6-10(8)16-12/h3-6,15H,7H2,1-2H3. The fraction of sp³-hybridized carbons (Fsp3) is 0.250. The SMILES string of the molecule is CN(C)CC(=O)c1sc2ccccc2c1O. The third kappa shape index (κ3) is 1.94. The Labute approximate surface area is 97.9 Å². The van der Waals surface area contributed by atoms with E-state index in [4.69, 9.17) is 0 Å².